The predicted molar refractivity (Wildman–Crippen MR) is 62.0 cm³/mol. The third-order valence-electron chi connectivity index (χ3n) is 6.09. The Hall–Kier alpha value is -0.530. The fourth-order valence-corrected chi connectivity index (χ4v) is 4.38. The lowest BCUT2D eigenvalue weighted by Crippen LogP contribution is -2.17. The molecule has 3 aliphatic carbocycles. The van der Waals surface area contributed by atoms with Crippen molar-refractivity contribution in [2.45, 2.75) is 46.5 Å². The van der Waals surface area contributed by atoms with Gasteiger partial charge in [0, 0.05) is 0 Å². The molecule has 6 atom stereocenters. The molecule has 0 amide bonds. The second-order valence-electron chi connectivity index (χ2n) is 7.09. The van der Waals surface area contributed by atoms with Gasteiger partial charge in [-0.15, -0.1) is 0 Å². The summed E-state index contributed by atoms with van der Waals surface area (Å²) in [5, 5.41) is 9.15. The van der Waals surface area contributed by atoms with Gasteiger partial charge in [0.2, 0.25) is 0 Å². The molecule has 2 heteroatoms. The summed E-state index contributed by atoms with van der Waals surface area (Å²) in [4.78, 5) is 11.1. The second kappa shape index (κ2) is 2.83. The Kier molecular flexibility index (Phi) is 1.88. The van der Waals surface area contributed by atoms with Crippen LogP contribution >= 0.6 is 0 Å². The molecule has 0 bridgehead atoms. The normalized spacial score (nSPS) is 58.2. The quantitative estimate of drug-likeness (QED) is 0.796. The SMILES string of the molecule is CC1CC(CC2CC2(C)C(=O)O)C2(C)CC12. The van der Waals surface area contributed by atoms with Gasteiger partial charge < -0.3 is 5.11 Å². The Morgan fingerprint density at radius 1 is 1.31 bits per heavy atom. The number of aliphatic carboxylic acids is 1. The van der Waals surface area contributed by atoms with E-state index in [0.717, 1.165) is 24.2 Å². The van der Waals surface area contributed by atoms with E-state index in [-0.39, 0.29) is 5.41 Å². The summed E-state index contributed by atoms with van der Waals surface area (Å²) in [5.74, 6) is 2.51. The summed E-state index contributed by atoms with van der Waals surface area (Å²) >= 11 is 0. The van der Waals surface area contributed by atoms with Crippen LogP contribution in [0.2, 0.25) is 0 Å². The first kappa shape index (κ1) is 10.6. The van der Waals surface area contributed by atoms with Gasteiger partial charge in [-0.25, -0.2) is 0 Å². The van der Waals surface area contributed by atoms with Gasteiger partial charge in [-0.2, -0.15) is 0 Å². The summed E-state index contributed by atoms with van der Waals surface area (Å²) in [6.45, 7) is 6.72. The van der Waals surface area contributed by atoms with Gasteiger partial charge in [-0.3, -0.25) is 4.79 Å². The van der Waals surface area contributed by atoms with Crippen molar-refractivity contribution in [2.75, 3.05) is 0 Å². The van der Waals surface area contributed by atoms with E-state index < -0.39 is 5.97 Å². The Morgan fingerprint density at radius 3 is 2.38 bits per heavy atom. The summed E-state index contributed by atoms with van der Waals surface area (Å²) in [6, 6.07) is 0. The molecule has 0 saturated heterocycles. The van der Waals surface area contributed by atoms with Gasteiger partial charge in [-0.05, 0) is 61.7 Å². The maximum absolute atomic E-state index is 11.1. The number of carbonyl (C=O) groups is 1. The lowest BCUT2D eigenvalue weighted by molar-refractivity contribution is -0.143. The molecule has 0 aliphatic heterocycles. The average Bonchev–Trinajstić information content (AvgIpc) is 3.02. The number of rotatable bonds is 3. The van der Waals surface area contributed by atoms with Crippen molar-refractivity contribution >= 4 is 5.97 Å². The largest absolute Gasteiger partial charge is 0.481 e. The molecule has 3 aliphatic rings. The summed E-state index contributed by atoms with van der Waals surface area (Å²) in [6.07, 6.45) is 4.82. The lowest BCUT2D eigenvalue weighted by Gasteiger charge is -2.20. The van der Waals surface area contributed by atoms with E-state index in [9.17, 15) is 4.79 Å². The van der Waals surface area contributed by atoms with Crippen molar-refractivity contribution < 1.29 is 9.90 Å². The maximum Gasteiger partial charge on any atom is 0.309 e. The number of hydrogen-bond donors (Lipinski definition) is 1. The van der Waals surface area contributed by atoms with Crippen molar-refractivity contribution in [3.8, 4) is 0 Å². The highest BCUT2D eigenvalue weighted by Crippen LogP contribution is 2.71. The highest BCUT2D eigenvalue weighted by atomic mass is 16.4. The van der Waals surface area contributed by atoms with E-state index in [1.807, 2.05) is 6.92 Å². The van der Waals surface area contributed by atoms with E-state index in [2.05, 4.69) is 13.8 Å². The summed E-state index contributed by atoms with van der Waals surface area (Å²) in [7, 11) is 0. The molecule has 0 heterocycles. The van der Waals surface area contributed by atoms with Crippen molar-refractivity contribution in [1.82, 2.24) is 0 Å². The van der Waals surface area contributed by atoms with Gasteiger partial charge in [0.1, 0.15) is 0 Å². The first-order valence-electron chi connectivity index (χ1n) is 6.61. The zero-order valence-electron chi connectivity index (χ0n) is 10.5. The molecule has 0 aromatic rings. The van der Waals surface area contributed by atoms with Crippen LogP contribution in [-0.4, -0.2) is 11.1 Å². The van der Waals surface area contributed by atoms with E-state index in [4.69, 9.17) is 5.11 Å². The van der Waals surface area contributed by atoms with Crippen molar-refractivity contribution in [2.24, 2.45) is 34.5 Å². The second-order valence-corrected chi connectivity index (χ2v) is 7.09. The van der Waals surface area contributed by atoms with E-state index in [1.165, 1.54) is 19.3 Å². The smallest absolute Gasteiger partial charge is 0.309 e. The third-order valence-corrected chi connectivity index (χ3v) is 6.09. The monoisotopic (exact) mass is 222 g/mol. The van der Waals surface area contributed by atoms with Crippen LogP contribution in [0.25, 0.3) is 0 Å². The van der Waals surface area contributed by atoms with Crippen LogP contribution in [0, 0.1) is 34.5 Å². The molecule has 0 spiro atoms. The Labute approximate surface area is 97.4 Å². The Bertz CT molecular complexity index is 351. The van der Waals surface area contributed by atoms with Gasteiger partial charge in [0.15, 0.2) is 0 Å². The molecular formula is C14H22O2. The molecule has 1 N–H and O–H groups in total. The molecule has 0 radical (unpaired) electrons. The molecule has 3 rings (SSSR count). The standard InChI is InChI=1S/C14H22O2/c1-8-4-9(13(2)7-11(8)13)5-10-6-14(10,3)12(15)16/h8-11H,4-7H2,1-3H3,(H,15,16). The lowest BCUT2D eigenvalue weighted by atomic mass is 9.85. The van der Waals surface area contributed by atoms with Gasteiger partial charge in [0.05, 0.1) is 5.41 Å². The van der Waals surface area contributed by atoms with Crippen LogP contribution in [0.15, 0.2) is 0 Å². The first-order valence-corrected chi connectivity index (χ1v) is 6.61. The molecule has 16 heavy (non-hydrogen) atoms. The zero-order chi connectivity index (χ0) is 11.7. The van der Waals surface area contributed by atoms with Crippen LogP contribution in [-0.2, 0) is 4.79 Å². The van der Waals surface area contributed by atoms with Gasteiger partial charge >= 0.3 is 5.97 Å². The predicted octanol–water partition coefficient (Wildman–Crippen LogP) is 3.17. The Balaban J connectivity index is 1.64. The highest BCUT2D eigenvalue weighted by Gasteiger charge is 2.65. The van der Waals surface area contributed by atoms with Crippen molar-refractivity contribution in [3.05, 3.63) is 0 Å². The maximum atomic E-state index is 11.1. The third kappa shape index (κ3) is 1.22. The van der Waals surface area contributed by atoms with Crippen LogP contribution in [0.4, 0.5) is 0 Å². The fourth-order valence-electron chi connectivity index (χ4n) is 4.38. The molecule has 0 aromatic carbocycles. The number of fused-ring (bicyclic) bond motifs is 1. The summed E-state index contributed by atoms with van der Waals surface area (Å²) in [5.41, 5.74) is 0.202. The van der Waals surface area contributed by atoms with Crippen molar-refractivity contribution in [3.63, 3.8) is 0 Å². The zero-order valence-corrected chi connectivity index (χ0v) is 10.5. The van der Waals surface area contributed by atoms with E-state index in [0.29, 0.717) is 11.3 Å². The fraction of sp³-hybridized carbons (Fsp3) is 0.929. The highest BCUT2D eigenvalue weighted by molar-refractivity contribution is 5.78. The van der Waals surface area contributed by atoms with Crippen LogP contribution in [0.1, 0.15) is 46.5 Å². The van der Waals surface area contributed by atoms with Crippen LogP contribution in [0.3, 0.4) is 0 Å². The Morgan fingerprint density at radius 2 is 2.00 bits per heavy atom. The van der Waals surface area contributed by atoms with Gasteiger partial charge in [-0.1, -0.05) is 13.8 Å². The topological polar surface area (TPSA) is 37.3 Å². The molecule has 3 fully saturated rings. The van der Waals surface area contributed by atoms with Gasteiger partial charge in [0.25, 0.3) is 0 Å². The molecular weight excluding hydrogens is 200 g/mol. The number of carboxylic acids is 1. The molecule has 90 valence electrons. The number of carboxylic acid groups (broad SMARTS) is 1. The first-order chi connectivity index (χ1) is 7.38. The minimum atomic E-state index is -0.582. The molecule has 0 aromatic heterocycles. The minimum absolute atomic E-state index is 0.382. The van der Waals surface area contributed by atoms with Crippen molar-refractivity contribution in [1.29, 1.82) is 0 Å². The summed E-state index contributed by atoms with van der Waals surface area (Å²) < 4.78 is 0. The van der Waals surface area contributed by atoms with E-state index in [1.54, 1.807) is 0 Å². The number of hydrogen-bond acceptors (Lipinski definition) is 1. The molecule has 2 nitrogen and oxygen atoms in total. The molecule has 6 unspecified atom stereocenters. The van der Waals surface area contributed by atoms with Crippen LogP contribution < -0.4 is 0 Å². The van der Waals surface area contributed by atoms with E-state index >= 15 is 0 Å². The minimum Gasteiger partial charge on any atom is -0.481 e. The molecule has 3 saturated carbocycles. The average molecular weight is 222 g/mol. The van der Waals surface area contributed by atoms with Crippen LogP contribution in [0.5, 0.6) is 0 Å².